The average Bonchev–Trinajstić information content (AvgIpc) is 2.20. The molecule has 0 aromatic carbocycles. The molecule has 1 aliphatic carbocycles. The summed E-state index contributed by atoms with van der Waals surface area (Å²) in [5, 5.41) is 4.50. The molecule has 15 heavy (non-hydrogen) atoms. The highest BCUT2D eigenvalue weighted by Gasteiger charge is 2.24. The molecule has 90 valence electrons. The maximum Gasteiger partial charge on any atom is 0.0201 e. The lowest BCUT2D eigenvalue weighted by molar-refractivity contribution is 0.389. The molecule has 0 heterocycles. The van der Waals surface area contributed by atoms with Crippen molar-refractivity contribution in [2.45, 2.75) is 43.9 Å². The van der Waals surface area contributed by atoms with Crippen LogP contribution in [0.2, 0.25) is 0 Å². The van der Waals surface area contributed by atoms with Gasteiger partial charge in [-0.2, -0.15) is 11.8 Å². The second-order valence-corrected chi connectivity index (χ2v) is 6.01. The van der Waals surface area contributed by atoms with Crippen molar-refractivity contribution >= 4 is 11.8 Å². The van der Waals surface area contributed by atoms with E-state index in [-0.39, 0.29) is 0 Å². The highest BCUT2D eigenvalue weighted by molar-refractivity contribution is 8.00. The van der Waals surface area contributed by atoms with Gasteiger partial charge in [0.15, 0.2) is 0 Å². The van der Waals surface area contributed by atoms with Crippen LogP contribution in [0.4, 0.5) is 0 Å². The Hall–Kier alpha value is 0.270. The monoisotopic (exact) mass is 230 g/mol. The summed E-state index contributed by atoms with van der Waals surface area (Å²) in [4.78, 5) is 2.28. The molecule has 0 radical (unpaired) electrons. The molecular formula is C12H26N2S. The zero-order valence-corrected chi connectivity index (χ0v) is 11.3. The fourth-order valence-corrected chi connectivity index (χ4v) is 3.75. The minimum Gasteiger partial charge on any atom is -0.313 e. The van der Waals surface area contributed by atoms with Crippen molar-refractivity contribution in [3.05, 3.63) is 0 Å². The molecule has 2 nitrogen and oxygen atoms in total. The molecule has 0 bridgehead atoms. The Morgan fingerprint density at radius 1 is 1.27 bits per heavy atom. The number of hydrogen-bond donors (Lipinski definition) is 1. The van der Waals surface area contributed by atoms with Crippen LogP contribution in [0.1, 0.15) is 32.6 Å². The van der Waals surface area contributed by atoms with Crippen LogP contribution >= 0.6 is 11.8 Å². The van der Waals surface area contributed by atoms with Gasteiger partial charge in [-0.25, -0.2) is 0 Å². The van der Waals surface area contributed by atoms with E-state index in [1.165, 1.54) is 38.0 Å². The molecule has 1 saturated carbocycles. The Morgan fingerprint density at radius 3 is 2.67 bits per heavy atom. The van der Waals surface area contributed by atoms with Crippen molar-refractivity contribution in [1.82, 2.24) is 10.2 Å². The van der Waals surface area contributed by atoms with E-state index in [4.69, 9.17) is 0 Å². The predicted octanol–water partition coefficient (Wildman–Crippen LogP) is 2.20. The van der Waals surface area contributed by atoms with Crippen LogP contribution in [-0.2, 0) is 0 Å². The fourth-order valence-electron chi connectivity index (χ4n) is 2.18. The van der Waals surface area contributed by atoms with Crippen LogP contribution in [0.3, 0.4) is 0 Å². The zero-order chi connectivity index (χ0) is 11.1. The Balaban J connectivity index is 2.23. The zero-order valence-electron chi connectivity index (χ0n) is 10.5. The minimum absolute atomic E-state index is 0.774. The van der Waals surface area contributed by atoms with Gasteiger partial charge in [-0.1, -0.05) is 19.8 Å². The molecule has 1 fully saturated rings. The summed E-state index contributed by atoms with van der Waals surface area (Å²) in [6.45, 7) is 4.55. The molecule has 0 saturated heterocycles. The SMILES string of the molecule is CCNC1CCCCC1SCCN(C)C. The maximum atomic E-state index is 3.64. The predicted molar refractivity (Wildman–Crippen MR) is 70.7 cm³/mol. The molecule has 1 rings (SSSR count). The number of thioether (sulfide) groups is 1. The van der Waals surface area contributed by atoms with Gasteiger partial charge >= 0.3 is 0 Å². The van der Waals surface area contributed by atoms with Gasteiger partial charge in [-0.05, 0) is 33.5 Å². The van der Waals surface area contributed by atoms with Crippen molar-refractivity contribution in [2.75, 3.05) is 32.9 Å². The fraction of sp³-hybridized carbons (Fsp3) is 1.00. The van der Waals surface area contributed by atoms with Gasteiger partial charge in [0.05, 0.1) is 0 Å². The van der Waals surface area contributed by atoms with Gasteiger partial charge in [-0.15, -0.1) is 0 Å². The molecule has 1 aliphatic rings. The molecular weight excluding hydrogens is 204 g/mol. The van der Waals surface area contributed by atoms with E-state index in [0.717, 1.165) is 17.8 Å². The summed E-state index contributed by atoms with van der Waals surface area (Å²) in [6.07, 6.45) is 5.65. The molecule has 2 atom stereocenters. The highest BCUT2D eigenvalue weighted by Crippen LogP contribution is 2.28. The number of rotatable bonds is 6. The van der Waals surface area contributed by atoms with Crippen LogP contribution in [-0.4, -0.2) is 49.1 Å². The van der Waals surface area contributed by atoms with Crippen LogP contribution in [0.25, 0.3) is 0 Å². The van der Waals surface area contributed by atoms with Crippen molar-refractivity contribution < 1.29 is 0 Å². The summed E-state index contributed by atoms with van der Waals surface area (Å²) in [5.41, 5.74) is 0. The van der Waals surface area contributed by atoms with E-state index in [9.17, 15) is 0 Å². The third-order valence-corrected chi connectivity index (χ3v) is 4.45. The van der Waals surface area contributed by atoms with E-state index in [2.05, 4.69) is 43.0 Å². The van der Waals surface area contributed by atoms with E-state index >= 15 is 0 Å². The molecule has 0 aromatic heterocycles. The summed E-state index contributed by atoms with van der Waals surface area (Å²) in [7, 11) is 4.31. The third kappa shape index (κ3) is 5.23. The normalized spacial score (nSPS) is 27.2. The molecule has 0 amide bonds. The quantitative estimate of drug-likeness (QED) is 0.753. The standard InChI is InChI=1S/C12H26N2S/c1-4-13-11-7-5-6-8-12(11)15-10-9-14(2)3/h11-13H,4-10H2,1-3H3. The van der Waals surface area contributed by atoms with Crippen LogP contribution in [0, 0.1) is 0 Å². The topological polar surface area (TPSA) is 15.3 Å². The van der Waals surface area contributed by atoms with Gasteiger partial charge in [-0.3, -0.25) is 0 Å². The van der Waals surface area contributed by atoms with Crippen molar-refractivity contribution in [3.63, 3.8) is 0 Å². The van der Waals surface area contributed by atoms with Crippen LogP contribution < -0.4 is 5.32 Å². The van der Waals surface area contributed by atoms with Crippen LogP contribution in [0.15, 0.2) is 0 Å². The Bertz CT molecular complexity index is 160. The van der Waals surface area contributed by atoms with E-state index < -0.39 is 0 Å². The summed E-state index contributed by atoms with van der Waals surface area (Å²) >= 11 is 2.17. The van der Waals surface area contributed by atoms with E-state index in [1.54, 1.807) is 0 Å². The third-order valence-electron chi connectivity index (χ3n) is 3.04. The Morgan fingerprint density at radius 2 is 2.00 bits per heavy atom. The first-order chi connectivity index (χ1) is 7.24. The summed E-state index contributed by atoms with van der Waals surface area (Å²) in [6, 6.07) is 0.774. The second kappa shape index (κ2) is 7.53. The average molecular weight is 230 g/mol. The number of nitrogens with one attached hydrogen (secondary N) is 1. The van der Waals surface area contributed by atoms with Gasteiger partial charge in [0.1, 0.15) is 0 Å². The molecule has 0 aromatic rings. The first kappa shape index (κ1) is 13.3. The first-order valence-electron chi connectivity index (χ1n) is 6.23. The largest absolute Gasteiger partial charge is 0.313 e. The lowest BCUT2D eigenvalue weighted by Gasteiger charge is -2.32. The van der Waals surface area contributed by atoms with Crippen LogP contribution in [0.5, 0.6) is 0 Å². The molecule has 0 spiro atoms. The van der Waals surface area contributed by atoms with Gasteiger partial charge in [0, 0.05) is 23.6 Å². The first-order valence-corrected chi connectivity index (χ1v) is 7.28. The van der Waals surface area contributed by atoms with Gasteiger partial charge < -0.3 is 10.2 Å². The lowest BCUT2D eigenvalue weighted by Crippen LogP contribution is -2.40. The smallest absolute Gasteiger partial charge is 0.0201 e. The summed E-state index contributed by atoms with van der Waals surface area (Å²) in [5.74, 6) is 1.28. The summed E-state index contributed by atoms with van der Waals surface area (Å²) < 4.78 is 0. The molecule has 3 heteroatoms. The minimum atomic E-state index is 0.774. The number of hydrogen-bond acceptors (Lipinski definition) is 3. The highest BCUT2D eigenvalue weighted by atomic mass is 32.2. The molecule has 0 aliphatic heterocycles. The van der Waals surface area contributed by atoms with Crippen molar-refractivity contribution in [1.29, 1.82) is 0 Å². The van der Waals surface area contributed by atoms with E-state index in [1.807, 2.05) is 0 Å². The second-order valence-electron chi connectivity index (χ2n) is 4.66. The molecule has 1 N–H and O–H groups in total. The Labute approximate surface area is 99.2 Å². The number of nitrogens with zero attached hydrogens (tertiary/aromatic N) is 1. The van der Waals surface area contributed by atoms with Crippen molar-refractivity contribution in [2.24, 2.45) is 0 Å². The maximum absolute atomic E-state index is 3.64. The van der Waals surface area contributed by atoms with Gasteiger partial charge in [0.2, 0.25) is 0 Å². The van der Waals surface area contributed by atoms with E-state index in [0.29, 0.717) is 0 Å². The Kier molecular flexibility index (Phi) is 6.69. The van der Waals surface area contributed by atoms with Gasteiger partial charge in [0.25, 0.3) is 0 Å². The molecule has 2 unspecified atom stereocenters. The lowest BCUT2D eigenvalue weighted by atomic mass is 9.95. The van der Waals surface area contributed by atoms with Crippen molar-refractivity contribution in [3.8, 4) is 0 Å².